The molecule has 1 aliphatic rings. The number of aliphatic hydroxyl groups excluding tert-OH is 1. The molecule has 3 rings (SSSR count). The lowest BCUT2D eigenvalue weighted by Crippen LogP contribution is -2.36. The van der Waals surface area contributed by atoms with Crippen LogP contribution in [0.4, 0.5) is 0 Å². The molecule has 1 atom stereocenters. The molecule has 0 aliphatic carbocycles. The highest BCUT2D eigenvalue weighted by Crippen LogP contribution is 2.28. The van der Waals surface area contributed by atoms with Gasteiger partial charge in [-0.25, -0.2) is 0 Å². The Balaban J connectivity index is 1.47. The summed E-state index contributed by atoms with van der Waals surface area (Å²) in [6, 6.07) is 11.5. The molecule has 0 radical (unpaired) electrons. The molecule has 0 amide bonds. The largest absolute Gasteiger partial charge is 0.460 e. The minimum absolute atomic E-state index is 0.342. The van der Waals surface area contributed by atoms with E-state index in [1.54, 1.807) is 0 Å². The van der Waals surface area contributed by atoms with Crippen LogP contribution in [0.2, 0.25) is 5.02 Å². The van der Waals surface area contributed by atoms with Gasteiger partial charge in [-0.1, -0.05) is 23.7 Å². The fraction of sp³-hybridized carbons (Fsp3) is 0.444. The molecule has 2 N–H and O–H groups in total. The first kappa shape index (κ1) is 16.5. The van der Waals surface area contributed by atoms with Gasteiger partial charge in [-0.3, -0.25) is 0 Å². The van der Waals surface area contributed by atoms with Crippen LogP contribution < -0.4 is 5.32 Å². The molecule has 124 valence electrons. The summed E-state index contributed by atoms with van der Waals surface area (Å²) in [5.41, 5.74) is 0.898. The van der Waals surface area contributed by atoms with Crippen molar-refractivity contribution in [3.8, 4) is 11.3 Å². The summed E-state index contributed by atoms with van der Waals surface area (Å²) in [7, 11) is 0. The number of benzene rings is 1. The molecule has 0 spiro atoms. The Labute approximate surface area is 142 Å². The van der Waals surface area contributed by atoms with Crippen LogP contribution in [-0.2, 0) is 6.54 Å². The van der Waals surface area contributed by atoms with Crippen LogP contribution >= 0.6 is 11.6 Å². The summed E-state index contributed by atoms with van der Waals surface area (Å²) in [5, 5.41) is 14.0. The van der Waals surface area contributed by atoms with Crippen molar-refractivity contribution in [3.63, 3.8) is 0 Å². The molecule has 1 saturated heterocycles. The average Bonchev–Trinajstić information content (AvgIpc) is 3.20. The lowest BCUT2D eigenvalue weighted by molar-refractivity contribution is 0.123. The number of likely N-dealkylation sites (tertiary alicyclic amines) is 1. The Hall–Kier alpha value is -1.33. The first-order valence-corrected chi connectivity index (χ1v) is 8.55. The SMILES string of the molecule is OC(CNCc1ccc(-c2ccccc2Cl)o1)CN1CCCC1. The van der Waals surface area contributed by atoms with Crippen molar-refractivity contribution in [2.45, 2.75) is 25.5 Å². The van der Waals surface area contributed by atoms with Crippen LogP contribution in [0.1, 0.15) is 18.6 Å². The zero-order valence-electron chi connectivity index (χ0n) is 13.2. The van der Waals surface area contributed by atoms with Gasteiger partial charge in [0.1, 0.15) is 11.5 Å². The number of aliphatic hydroxyl groups is 1. The minimum Gasteiger partial charge on any atom is -0.460 e. The predicted molar refractivity (Wildman–Crippen MR) is 92.5 cm³/mol. The summed E-state index contributed by atoms with van der Waals surface area (Å²) >= 11 is 6.18. The van der Waals surface area contributed by atoms with Gasteiger partial charge in [-0.05, 0) is 50.2 Å². The van der Waals surface area contributed by atoms with Crippen molar-refractivity contribution in [3.05, 3.63) is 47.2 Å². The van der Waals surface area contributed by atoms with Gasteiger partial charge in [0.15, 0.2) is 0 Å². The van der Waals surface area contributed by atoms with Crippen LogP contribution in [0, 0.1) is 0 Å². The fourth-order valence-electron chi connectivity index (χ4n) is 2.97. The van der Waals surface area contributed by atoms with E-state index in [4.69, 9.17) is 16.0 Å². The van der Waals surface area contributed by atoms with Crippen molar-refractivity contribution in [1.82, 2.24) is 10.2 Å². The minimum atomic E-state index is -0.342. The third-order valence-electron chi connectivity index (χ3n) is 4.15. The number of hydrogen-bond acceptors (Lipinski definition) is 4. The van der Waals surface area contributed by atoms with Gasteiger partial charge in [-0.15, -0.1) is 0 Å². The van der Waals surface area contributed by atoms with Gasteiger partial charge in [0.05, 0.1) is 17.7 Å². The Bertz CT molecular complexity index is 623. The molecule has 5 heteroatoms. The first-order valence-electron chi connectivity index (χ1n) is 8.17. The second kappa shape index (κ2) is 7.97. The summed E-state index contributed by atoms with van der Waals surface area (Å²) in [5.74, 6) is 1.61. The van der Waals surface area contributed by atoms with E-state index in [-0.39, 0.29) is 6.10 Å². The molecule has 4 nitrogen and oxygen atoms in total. The molecule has 1 unspecified atom stereocenters. The lowest BCUT2D eigenvalue weighted by Gasteiger charge is -2.19. The van der Waals surface area contributed by atoms with E-state index in [9.17, 15) is 5.11 Å². The van der Waals surface area contributed by atoms with Crippen LogP contribution in [0.5, 0.6) is 0 Å². The third kappa shape index (κ3) is 4.58. The number of rotatable bonds is 7. The van der Waals surface area contributed by atoms with Crippen molar-refractivity contribution in [2.24, 2.45) is 0 Å². The molecule has 2 aromatic rings. The van der Waals surface area contributed by atoms with E-state index in [0.717, 1.165) is 36.7 Å². The molecule has 1 aliphatic heterocycles. The zero-order chi connectivity index (χ0) is 16.1. The molecule has 0 saturated carbocycles. The van der Waals surface area contributed by atoms with E-state index in [1.807, 2.05) is 36.4 Å². The van der Waals surface area contributed by atoms with E-state index in [2.05, 4.69) is 10.2 Å². The molecule has 1 fully saturated rings. The smallest absolute Gasteiger partial charge is 0.135 e. The van der Waals surface area contributed by atoms with Crippen molar-refractivity contribution in [1.29, 1.82) is 0 Å². The predicted octanol–water partition coefficient (Wildman–Crippen LogP) is 3.15. The highest BCUT2D eigenvalue weighted by Gasteiger charge is 2.15. The normalized spacial score (nSPS) is 16.8. The van der Waals surface area contributed by atoms with Crippen LogP contribution in [0.25, 0.3) is 11.3 Å². The van der Waals surface area contributed by atoms with E-state index < -0.39 is 0 Å². The second-order valence-corrected chi connectivity index (χ2v) is 6.45. The maximum Gasteiger partial charge on any atom is 0.135 e. The van der Waals surface area contributed by atoms with Crippen LogP contribution in [0.15, 0.2) is 40.8 Å². The highest BCUT2D eigenvalue weighted by atomic mass is 35.5. The molecule has 0 bridgehead atoms. The zero-order valence-corrected chi connectivity index (χ0v) is 13.9. The van der Waals surface area contributed by atoms with Gasteiger partial charge < -0.3 is 19.7 Å². The Morgan fingerprint density at radius 1 is 1.17 bits per heavy atom. The van der Waals surface area contributed by atoms with Crippen molar-refractivity contribution >= 4 is 11.6 Å². The Kier molecular flexibility index (Phi) is 5.73. The van der Waals surface area contributed by atoms with Gasteiger partial charge in [0.2, 0.25) is 0 Å². The molecule has 2 heterocycles. The van der Waals surface area contributed by atoms with E-state index in [1.165, 1.54) is 12.8 Å². The summed E-state index contributed by atoms with van der Waals surface area (Å²) < 4.78 is 5.83. The number of nitrogens with one attached hydrogen (secondary N) is 1. The molecular formula is C18H23ClN2O2. The maximum absolute atomic E-state index is 10.1. The quantitative estimate of drug-likeness (QED) is 0.816. The summed E-state index contributed by atoms with van der Waals surface area (Å²) in [6.07, 6.45) is 2.15. The summed E-state index contributed by atoms with van der Waals surface area (Å²) in [4.78, 5) is 2.31. The van der Waals surface area contributed by atoms with Gasteiger partial charge >= 0.3 is 0 Å². The number of hydrogen-bond donors (Lipinski definition) is 2. The van der Waals surface area contributed by atoms with Gasteiger partial charge in [-0.2, -0.15) is 0 Å². The van der Waals surface area contributed by atoms with Crippen LogP contribution in [0.3, 0.4) is 0 Å². The van der Waals surface area contributed by atoms with Gasteiger partial charge in [0, 0.05) is 18.7 Å². The van der Waals surface area contributed by atoms with Crippen molar-refractivity contribution < 1.29 is 9.52 Å². The number of furan rings is 1. The lowest BCUT2D eigenvalue weighted by atomic mass is 10.2. The van der Waals surface area contributed by atoms with Crippen LogP contribution in [-0.4, -0.2) is 42.3 Å². The monoisotopic (exact) mass is 334 g/mol. The second-order valence-electron chi connectivity index (χ2n) is 6.04. The number of β-amino-alcohol motifs (C(OH)–C–C–N with tert-alkyl or cyclic N) is 1. The van der Waals surface area contributed by atoms with Gasteiger partial charge in [0.25, 0.3) is 0 Å². The molecule has 23 heavy (non-hydrogen) atoms. The third-order valence-corrected chi connectivity index (χ3v) is 4.48. The first-order chi connectivity index (χ1) is 11.2. The standard InChI is InChI=1S/C18H23ClN2O2/c19-17-6-2-1-5-16(17)18-8-7-15(23-18)12-20-11-14(22)13-21-9-3-4-10-21/h1-2,5-8,14,20,22H,3-4,9-13H2. The summed E-state index contributed by atoms with van der Waals surface area (Å²) in [6.45, 7) is 4.13. The number of nitrogens with zero attached hydrogens (tertiary/aromatic N) is 1. The average molecular weight is 335 g/mol. The molecular weight excluding hydrogens is 312 g/mol. The fourth-order valence-corrected chi connectivity index (χ4v) is 3.20. The van der Waals surface area contributed by atoms with E-state index >= 15 is 0 Å². The Morgan fingerprint density at radius 3 is 2.74 bits per heavy atom. The molecule has 1 aromatic carbocycles. The van der Waals surface area contributed by atoms with Crippen molar-refractivity contribution in [2.75, 3.05) is 26.2 Å². The highest BCUT2D eigenvalue weighted by molar-refractivity contribution is 6.33. The van der Waals surface area contributed by atoms with E-state index in [0.29, 0.717) is 18.1 Å². The maximum atomic E-state index is 10.1. The Morgan fingerprint density at radius 2 is 1.96 bits per heavy atom. The topological polar surface area (TPSA) is 48.6 Å². The molecule has 1 aromatic heterocycles. The number of halogens is 1.